The number of aliphatic hydroxyl groups excluding tert-OH is 1. The molecule has 6 nitrogen and oxygen atoms in total. The predicted octanol–water partition coefficient (Wildman–Crippen LogP) is 0.784. The summed E-state index contributed by atoms with van der Waals surface area (Å²) in [6.07, 6.45) is 3.02. The van der Waals surface area contributed by atoms with Crippen LogP contribution in [0.1, 0.15) is 5.56 Å². The average Bonchev–Trinajstić information content (AvgIpc) is 3.03. The minimum atomic E-state index is -0.603. The molecule has 1 unspecified atom stereocenters. The zero-order chi connectivity index (χ0) is 14.9. The maximum atomic E-state index is 9.82. The summed E-state index contributed by atoms with van der Waals surface area (Å²) in [4.78, 5) is 0. The van der Waals surface area contributed by atoms with E-state index in [1.165, 1.54) is 0 Å². The molecule has 1 heterocycles. The van der Waals surface area contributed by atoms with Crippen LogP contribution in [0.5, 0.6) is 5.75 Å². The zero-order valence-electron chi connectivity index (χ0n) is 11.6. The van der Waals surface area contributed by atoms with E-state index in [1.807, 2.05) is 23.0 Å². The molecule has 0 radical (unpaired) electrons. The fourth-order valence-electron chi connectivity index (χ4n) is 1.80. The molecule has 6 heteroatoms. The molecule has 0 saturated heterocycles. The van der Waals surface area contributed by atoms with Crippen molar-refractivity contribution >= 4 is 0 Å². The Morgan fingerprint density at radius 3 is 3.10 bits per heavy atom. The molecule has 1 aromatic heterocycles. The van der Waals surface area contributed by atoms with E-state index in [4.69, 9.17) is 10.00 Å². The smallest absolute Gasteiger partial charge is 0.120 e. The molecule has 0 aliphatic heterocycles. The van der Waals surface area contributed by atoms with Crippen LogP contribution in [-0.4, -0.2) is 40.7 Å². The number of nitrogens with one attached hydrogen (secondary N) is 1. The van der Waals surface area contributed by atoms with Crippen LogP contribution in [0.2, 0.25) is 0 Å². The summed E-state index contributed by atoms with van der Waals surface area (Å²) in [6.45, 7) is 2.11. The predicted molar refractivity (Wildman–Crippen MR) is 77.8 cm³/mol. The number of hydrogen-bond acceptors (Lipinski definition) is 5. The van der Waals surface area contributed by atoms with Crippen molar-refractivity contribution in [2.75, 3.05) is 19.7 Å². The SMILES string of the molecule is N#Cc1cccc(OCC(O)CNCCn2cccn2)c1. The molecular formula is C15H18N4O2. The fraction of sp³-hybridized carbons (Fsp3) is 0.333. The van der Waals surface area contributed by atoms with Crippen LogP contribution in [0.4, 0.5) is 0 Å². The van der Waals surface area contributed by atoms with Crippen LogP contribution in [0.25, 0.3) is 0 Å². The summed E-state index contributed by atoms with van der Waals surface area (Å²) >= 11 is 0. The number of rotatable bonds is 8. The summed E-state index contributed by atoms with van der Waals surface area (Å²) in [5, 5.41) is 25.8. The first-order chi connectivity index (χ1) is 10.3. The number of nitriles is 1. The van der Waals surface area contributed by atoms with E-state index in [0.717, 1.165) is 13.1 Å². The van der Waals surface area contributed by atoms with E-state index in [2.05, 4.69) is 10.4 Å². The van der Waals surface area contributed by atoms with Crippen molar-refractivity contribution in [3.05, 3.63) is 48.3 Å². The lowest BCUT2D eigenvalue weighted by molar-refractivity contribution is 0.106. The normalized spacial score (nSPS) is 11.8. The summed E-state index contributed by atoms with van der Waals surface area (Å²) < 4.78 is 7.28. The Hall–Kier alpha value is -2.36. The first kappa shape index (κ1) is 15.0. The first-order valence-corrected chi connectivity index (χ1v) is 6.77. The van der Waals surface area contributed by atoms with Gasteiger partial charge in [0.05, 0.1) is 18.2 Å². The molecule has 0 fully saturated rings. The summed E-state index contributed by atoms with van der Waals surface area (Å²) in [7, 11) is 0. The van der Waals surface area contributed by atoms with Crippen molar-refractivity contribution in [1.29, 1.82) is 5.26 Å². The number of benzene rings is 1. The quantitative estimate of drug-likeness (QED) is 0.701. The van der Waals surface area contributed by atoms with E-state index in [9.17, 15) is 5.11 Å². The third-order valence-corrected chi connectivity index (χ3v) is 2.86. The fourth-order valence-corrected chi connectivity index (χ4v) is 1.80. The molecular weight excluding hydrogens is 268 g/mol. The molecule has 0 spiro atoms. The van der Waals surface area contributed by atoms with Crippen molar-refractivity contribution in [2.24, 2.45) is 0 Å². The molecule has 0 amide bonds. The minimum Gasteiger partial charge on any atom is -0.491 e. The van der Waals surface area contributed by atoms with E-state index < -0.39 is 6.10 Å². The molecule has 2 aromatic rings. The van der Waals surface area contributed by atoms with Crippen LogP contribution >= 0.6 is 0 Å². The third-order valence-electron chi connectivity index (χ3n) is 2.86. The highest BCUT2D eigenvalue weighted by molar-refractivity contribution is 5.36. The van der Waals surface area contributed by atoms with E-state index >= 15 is 0 Å². The Labute approximate surface area is 123 Å². The Balaban J connectivity index is 1.63. The highest BCUT2D eigenvalue weighted by Gasteiger charge is 2.05. The van der Waals surface area contributed by atoms with Gasteiger partial charge in [-0.2, -0.15) is 10.4 Å². The molecule has 0 aliphatic rings. The van der Waals surface area contributed by atoms with Crippen molar-refractivity contribution in [3.63, 3.8) is 0 Å². The maximum absolute atomic E-state index is 9.82. The molecule has 0 bridgehead atoms. The monoisotopic (exact) mass is 286 g/mol. The van der Waals surface area contributed by atoms with Gasteiger partial charge in [0.2, 0.25) is 0 Å². The van der Waals surface area contributed by atoms with Gasteiger partial charge in [-0.1, -0.05) is 6.07 Å². The number of aromatic nitrogens is 2. The van der Waals surface area contributed by atoms with Gasteiger partial charge in [-0.05, 0) is 24.3 Å². The van der Waals surface area contributed by atoms with E-state index in [0.29, 0.717) is 17.9 Å². The Morgan fingerprint density at radius 2 is 2.33 bits per heavy atom. The summed E-state index contributed by atoms with van der Waals surface area (Å²) in [5.74, 6) is 0.588. The van der Waals surface area contributed by atoms with Gasteiger partial charge in [0.15, 0.2) is 0 Å². The Kier molecular flexibility index (Phi) is 5.76. The number of aliphatic hydroxyl groups is 1. The van der Waals surface area contributed by atoms with Gasteiger partial charge >= 0.3 is 0 Å². The van der Waals surface area contributed by atoms with Gasteiger partial charge in [-0.25, -0.2) is 0 Å². The maximum Gasteiger partial charge on any atom is 0.120 e. The molecule has 2 rings (SSSR count). The molecule has 110 valence electrons. The van der Waals surface area contributed by atoms with Gasteiger partial charge in [0.1, 0.15) is 18.5 Å². The lowest BCUT2D eigenvalue weighted by Crippen LogP contribution is -2.33. The van der Waals surface area contributed by atoms with Gasteiger partial charge < -0.3 is 15.2 Å². The zero-order valence-corrected chi connectivity index (χ0v) is 11.6. The first-order valence-electron chi connectivity index (χ1n) is 6.77. The third kappa shape index (κ3) is 5.26. The Morgan fingerprint density at radius 1 is 1.43 bits per heavy atom. The lowest BCUT2D eigenvalue weighted by atomic mass is 10.2. The van der Waals surface area contributed by atoms with Crippen molar-refractivity contribution < 1.29 is 9.84 Å². The standard InChI is InChI=1S/C15H18N4O2/c16-10-13-3-1-4-15(9-13)21-12-14(20)11-17-6-8-19-7-2-5-18-19/h1-5,7,9,14,17,20H,6,8,11-12H2. The number of ether oxygens (including phenoxy) is 1. The largest absolute Gasteiger partial charge is 0.491 e. The number of hydrogen-bond donors (Lipinski definition) is 2. The van der Waals surface area contributed by atoms with Gasteiger partial charge in [0.25, 0.3) is 0 Å². The van der Waals surface area contributed by atoms with Crippen LogP contribution in [-0.2, 0) is 6.54 Å². The van der Waals surface area contributed by atoms with Crippen LogP contribution in [0, 0.1) is 11.3 Å². The van der Waals surface area contributed by atoms with Crippen molar-refractivity contribution in [1.82, 2.24) is 15.1 Å². The second-order valence-corrected chi connectivity index (χ2v) is 4.58. The minimum absolute atomic E-state index is 0.184. The molecule has 21 heavy (non-hydrogen) atoms. The molecule has 0 saturated carbocycles. The van der Waals surface area contributed by atoms with Gasteiger partial charge in [-0.3, -0.25) is 4.68 Å². The second-order valence-electron chi connectivity index (χ2n) is 4.58. The van der Waals surface area contributed by atoms with Crippen LogP contribution < -0.4 is 10.1 Å². The number of nitrogens with zero attached hydrogens (tertiary/aromatic N) is 3. The molecule has 1 atom stereocenters. The summed E-state index contributed by atoms with van der Waals surface area (Å²) in [5.41, 5.74) is 0.541. The Bertz CT molecular complexity index is 578. The van der Waals surface area contributed by atoms with Crippen LogP contribution in [0.3, 0.4) is 0 Å². The highest BCUT2D eigenvalue weighted by Crippen LogP contribution is 2.12. The van der Waals surface area contributed by atoms with Crippen LogP contribution in [0.15, 0.2) is 42.7 Å². The lowest BCUT2D eigenvalue weighted by Gasteiger charge is -2.13. The second kappa shape index (κ2) is 8.04. The highest BCUT2D eigenvalue weighted by atomic mass is 16.5. The van der Waals surface area contributed by atoms with Gasteiger partial charge in [-0.15, -0.1) is 0 Å². The van der Waals surface area contributed by atoms with E-state index in [-0.39, 0.29) is 6.61 Å². The molecule has 2 N–H and O–H groups in total. The molecule has 1 aromatic carbocycles. The van der Waals surface area contributed by atoms with Crippen molar-refractivity contribution in [3.8, 4) is 11.8 Å². The van der Waals surface area contributed by atoms with Gasteiger partial charge in [0, 0.05) is 25.5 Å². The van der Waals surface area contributed by atoms with E-state index in [1.54, 1.807) is 30.5 Å². The summed E-state index contributed by atoms with van der Waals surface area (Å²) in [6, 6.07) is 10.8. The molecule has 0 aliphatic carbocycles. The average molecular weight is 286 g/mol. The van der Waals surface area contributed by atoms with Crippen molar-refractivity contribution in [2.45, 2.75) is 12.6 Å². The topological polar surface area (TPSA) is 83.1 Å².